The lowest BCUT2D eigenvalue weighted by Gasteiger charge is -1.83. The van der Waals surface area contributed by atoms with Crippen LogP contribution in [0.2, 0.25) is 0 Å². The quantitative estimate of drug-likeness (QED) is 0.522. The third-order valence-corrected chi connectivity index (χ3v) is 1.34. The Morgan fingerprint density at radius 3 is 3.30 bits per heavy atom. The van der Waals surface area contributed by atoms with E-state index in [2.05, 4.69) is 15.0 Å². The summed E-state index contributed by atoms with van der Waals surface area (Å²) in [4.78, 5) is 10.9. The molecule has 0 unspecified atom stereocenters. The molecule has 0 aliphatic carbocycles. The molecule has 2 aromatic heterocycles. The largest absolute Gasteiger partial charge is 0.284 e. The van der Waals surface area contributed by atoms with Crippen molar-refractivity contribution in [2.45, 2.75) is 0 Å². The lowest BCUT2D eigenvalue weighted by atomic mass is 10.3. The van der Waals surface area contributed by atoms with Crippen LogP contribution >= 0.6 is 0 Å². The van der Waals surface area contributed by atoms with Crippen LogP contribution in [0, 0.1) is 0 Å². The summed E-state index contributed by atoms with van der Waals surface area (Å²) in [7, 11) is 0. The Balaban J connectivity index is 2.89. The number of pyridine rings is 1. The van der Waals surface area contributed by atoms with Crippen molar-refractivity contribution in [1.82, 2.24) is 9.97 Å². The van der Waals surface area contributed by atoms with Crippen molar-refractivity contribution in [2.24, 2.45) is 0 Å². The summed E-state index contributed by atoms with van der Waals surface area (Å²) < 4.78 is 0. The molecule has 0 amide bonds. The molecule has 0 spiro atoms. The van der Waals surface area contributed by atoms with Crippen molar-refractivity contribution in [3.05, 3.63) is 31.0 Å². The molecule has 10 heavy (non-hydrogen) atoms. The van der Waals surface area contributed by atoms with Crippen molar-refractivity contribution in [2.75, 3.05) is 0 Å². The molecule has 2 aromatic rings. The van der Waals surface area contributed by atoms with Gasteiger partial charge in [0.15, 0.2) is 5.52 Å². The first-order valence-corrected chi connectivity index (χ1v) is 3.02. The molecule has 0 aliphatic rings. The molecular formula is C7H6N3+. The minimum absolute atomic E-state index is 0.966. The number of hydrogen-bond acceptors (Lipinski definition) is 2. The zero-order valence-corrected chi connectivity index (χ0v) is 5.28. The van der Waals surface area contributed by atoms with Crippen LogP contribution in [0.4, 0.5) is 0 Å². The smallest absolute Gasteiger partial charge is 0.264 e. The minimum Gasteiger partial charge on any atom is -0.264 e. The Morgan fingerprint density at radius 1 is 1.40 bits per heavy atom. The maximum Gasteiger partial charge on any atom is 0.284 e. The molecule has 0 fully saturated rings. The molecule has 0 bridgehead atoms. The van der Waals surface area contributed by atoms with Crippen LogP contribution < -0.4 is 4.98 Å². The van der Waals surface area contributed by atoms with Gasteiger partial charge in [0.1, 0.15) is 6.20 Å². The van der Waals surface area contributed by atoms with E-state index in [1.807, 2.05) is 12.3 Å². The normalized spacial score (nSPS) is 10.0. The third kappa shape index (κ3) is 0.719. The van der Waals surface area contributed by atoms with Gasteiger partial charge in [-0.05, 0) is 4.98 Å². The van der Waals surface area contributed by atoms with Crippen LogP contribution in [0.1, 0.15) is 0 Å². The summed E-state index contributed by atoms with van der Waals surface area (Å²) in [5.74, 6) is 0. The van der Waals surface area contributed by atoms with Gasteiger partial charge in [0.25, 0.3) is 6.33 Å². The molecule has 1 N–H and O–H groups in total. The highest BCUT2D eigenvalue weighted by molar-refractivity contribution is 5.74. The zero-order valence-electron chi connectivity index (χ0n) is 5.28. The molecule has 2 rings (SSSR count). The molecule has 0 atom stereocenters. The molecule has 0 aromatic carbocycles. The van der Waals surface area contributed by atoms with Gasteiger partial charge in [-0.2, -0.15) is 0 Å². The van der Waals surface area contributed by atoms with E-state index in [1.54, 1.807) is 18.7 Å². The molecule has 3 heteroatoms. The average molecular weight is 132 g/mol. The highest BCUT2D eigenvalue weighted by Gasteiger charge is 1.95. The van der Waals surface area contributed by atoms with Crippen LogP contribution in [0.5, 0.6) is 0 Å². The lowest BCUT2D eigenvalue weighted by Crippen LogP contribution is -2.00. The zero-order chi connectivity index (χ0) is 6.81. The van der Waals surface area contributed by atoms with Crippen LogP contribution in [-0.4, -0.2) is 9.97 Å². The Bertz CT molecular complexity index is 280. The van der Waals surface area contributed by atoms with E-state index >= 15 is 0 Å². The van der Waals surface area contributed by atoms with Crippen molar-refractivity contribution in [1.29, 1.82) is 0 Å². The monoisotopic (exact) mass is 132 g/mol. The second-order valence-electron chi connectivity index (χ2n) is 2.00. The maximum atomic E-state index is 4.09. The van der Waals surface area contributed by atoms with Crippen LogP contribution in [-0.2, 0) is 0 Å². The average Bonchev–Trinajstić information content (AvgIpc) is 2.05. The number of H-pyrrole nitrogens is 1. The number of nitrogens with zero attached hydrogens (tertiary/aromatic N) is 2. The molecule has 3 nitrogen and oxygen atoms in total. The van der Waals surface area contributed by atoms with Crippen molar-refractivity contribution in [3.8, 4) is 0 Å². The standard InChI is InChI=1S/C7H5N3/c1-2-8-3-6-4-9-5-10-7(1)6/h1-5H/p+1. The summed E-state index contributed by atoms with van der Waals surface area (Å²) in [6, 6.07) is 1.88. The van der Waals surface area contributed by atoms with Gasteiger partial charge in [-0.3, -0.25) is 4.98 Å². The highest BCUT2D eigenvalue weighted by atomic mass is 14.8. The second-order valence-corrected chi connectivity index (χ2v) is 2.00. The highest BCUT2D eigenvalue weighted by Crippen LogP contribution is 2.02. The Hall–Kier alpha value is -1.51. The predicted molar refractivity (Wildman–Crippen MR) is 36.1 cm³/mol. The Kier molecular flexibility index (Phi) is 1.07. The van der Waals surface area contributed by atoms with E-state index in [-0.39, 0.29) is 0 Å². The van der Waals surface area contributed by atoms with E-state index in [9.17, 15) is 0 Å². The maximum absolute atomic E-state index is 4.09. The SMILES string of the molecule is c1cc2nc[nH+]cc2cn1. The van der Waals surface area contributed by atoms with E-state index < -0.39 is 0 Å². The van der Waals surface area contributed by atoms with E-state index in [0.717, 1.165) is 10.9 Å². The number of aromatic amines is 1. The molecule has 0 saturated heterocycles. The summed E-state index contributed by atoms with van der Waals surface area (Å²) in [5, 5.41) is 1.03. The van der Waals surface area contributed by atoms with Crippen molar-refractivity contribution in [3.63, 3.8) is 0 Å². The fraction of sp³-hybridized carbons (Fsp3) is 0. The van der Waals surface area contributed by atoms with Gasteiger partial charge < -0.3 is 0 Å². The molecule has 48 valence electrons. The van der Waals surface area contributed by atoms with Crippen molar-refractivity contribution < 1.29 is 4.98 Å². The van der Waals surface area contributed by atoms with Gasteiger partial charge in [0.2, 0.25) is 0 Å². The fourth-order valence-electron chi connectivity index (χ4n) is 0.862. The van der Waals surface area contributed by atoms with Crippen LogP contribution in [0.25, 0.3) is 10.9 Å². The molecule has 0 aliphatic heterocycles. The number of aromatic nitrogens is 3. The summed E-state index contributed by atoms with van der Waals surface area (Å²) in [6.45, 7) is 0. The number of nitrogens with one attached hydrogen (secondary N) is 1. The fourth-order valence-corrected chi connectivity index (χ4v) is 0.862. The van der Waals surface area contributed by atoms with E-state index in [1.165, 1.54) is 0 Å². The van der Waals surface area contributed by atoms with Gasteiger partial charge in [0, 0.05) is 18.5 Å². The number of rotatable bonds is 0. The first-order chi connectivity index (χ1) is 4.97. The van der Waals surface area contributed by atoms with E-state index in [4.69, 9.17) is 0 Å². The van der Waals surface area contributed by atoms with Gasteiger partial charge >= 0.3 is 0 Å². The molecule has 0 radical (unpaired) electrons. The summed E-state index contributed by atoms with van der Waals surface area (Å²) in [5.41, 5.74) is 0.966. The van der Waals surface area contributed by atoms with Gasteiger partial charge in [0.05, 0.1) is 5.39 Å². The molecule has 0 saturated carbocycles. The van der Waals surface area contributed by atoms with Crippen LogP contribution in [0.15, 0.2) is 31.0 Å². The van der Waals surface area contributed by atoms with Crippen molar-refractivity contribution >= 4 is 10.9 Å². The molecule has 2 heterocycles. The Labute approximate surface area is 57.8 Å². The number of hydrogen-bond donors (Lipinski definition) is 0. The molecular weight excluding hydrogens is 126 g/mol. The van der Waals surface area contributed by atoms with Gasteiger partial charge in [-0.15, -0.1) is 0 Å². The topological polar surface area (TPSA) is 39.9 Å². The first-order valence-electron chi connectivity index (χ1n) is 3.02. The second kappa shape index (κ2) is 2.02. The lowest BCUT2D eigenvalue weighted by molar-refractivity contribution is -0.380. The third-order valence-electron chi connectivity index (χ3n) is 1.34. The van der Waals surface area contributed by atoms with Gasteiger partial charge in [-0.1, -0.05) is 0 Å². The number of fused-ring (bicyclic) bond motifs is 1. The summed E-state index contributed by atoms with van der Waals surface area (Å²) >= 11 is 0. The van der Waals surface area contributed by atoms with Crippen LogP contribution in [0.3, 0.4) is 0 Å². The first kappa shape index (κ1) is 5.29. The van der Waals surface area contributed by atoms with Gasteiger partial charge in [-0.25, -0.2) is 4.98 Å². The minimum atomic E-state index is 0.966. The predicted octanol–water partition coefficient (Wildman–Crippen LogP) is 0.444. The van der Waals surface area contributed by atoms with E-state index in [0.29, 0.717) is 0 Å². The summed E-state index contributed by atoms with van der Waals surface area (Å²) in [6.07, 6.45) is 7.03. The Morgan fingerprint density at radius 2 is 2.40 bits per heavy atom.